The van der Waals surface area contributed by atoms with Gasteiger partial charge in [0.15, 0.2) is 0 Å². The second-order valence-corrected chi connectivity index (χ2v) is 3.75. The Morgan fingerprint density at radius 2 is 2.29 bits per heavy atom. The molecule has 17 heavy (non-hydrogen) atoms. The smallest absolute Gasteiger partial charge is 0.253 e. The third-order valence-electron chi connectivity index (χ3n) is 2.65. The van der Waals surface area contributed by atoms with Crippen LogP contribution < -0.4 is 4.90 Å². The van der Waals surface area contributed by atoms with Crippen molar-refractivity contribution >= 4 is 11.6 Å². The van der Waals surface area contributed by atoms with Crippen molar-refractivity contribution < 1.29 is 14.6 Å². The van der Waals surface area contributed by atoms with Crippen LogP contribution >= 0.6 is 0 Å². The summed E-state index contributed by atoms with van der Waals surface area (Å²) in [7, 11) is 0. The highest BCUT2D eigenvalue weighted by atomic mass is 16.5. The number of rotatable bonds is 2. The Morgan fingerprint density at radius 1 is 1.53 bits per heavy atom. The Morgan fingerprint density at radius 3 is 3.00 bits per heavy atom. The maximum atomic E-state index is 11.7. The lowest BCUT2D eigenvalue weighted by molar-refractivity contribution is -0.130. The fourth-order valence-corrected chi connectivity index (χ4v) is 1.77. The highest BCUT2D eigenvalue weighted by Gasteiger charge is 2.28. The van der Waals surface area contributed by atoms with E-state index in [1.54, 1.807) is 24.3 Å². The number of ether oxygens (including phenoxy) is 1. The molecule has 1 aliphatic rings. The van der Waals surface area contributed by atoms with E-state index in [4.69, 9.17) is 15.1 Å². The molecule has 0 aromatic heterocycles. The second-order valence-electron chi connectivity index (χ2n) is 3.75. The zero-order valence-corrected chi connectivity index (χ0v) is 9.17. The zero-order valence-electron chi connectivity index (χ0n) is 9.17. The summed E-state index contributed by atoms with van der Waals surface area (Å²) in [4.78, 5) is 13.2. The Balaban J connectivity index is 2.31. The first-order valence-corrected chi connectivity index (χ1v) is 5.28. The van der Waals surface area contributed by atoms with Gasteiger partial charge in [0, 0.05) is 0 Å². The molecule has 1 aromatic rings. The number of anilines is 1. The molecular formula is C12H12N2O3. The van der Waals surface area contributed by atoms with Gasteiger partial charge < -0.3 is 14.7 Å². The topological polar surface area (TPSA) is 73.6 Å². The van der Waals surface area contributed by atoms with Crippen LogP contribution in [0, 0.1) is 11.3 Å². The minimum atomic E-state index is -0.389. The van der Waals surface area contributed by atoms with Crippen LogP contribution in [0.1, 0.15) is 5.56 Å². The molecule has 0 saturated carbocycles. The van der Waals surface area contributed by atoms with Crippen molar-refractivity contribution in [2.45, 2.75) is 6.10 Å². The molecule has 2 rings (SSSR count). The van der Waals surface area contributed by atoms with E-state index in [9.17, 15) is 4.79 Å². The Labute approximate surface area is 98.8 Å². The summed E-state index contributed by atoms with van der Waals surface area (Å²) in [5.41, 5.74) is 1.01. The number of para-hydroxylation sites is 1. The summed E-state index contributed by atoms with van der Waals surface area (Å²) in [6, 6.07) is 8.94. The van der Waals surface area contributed by atoms with Crippen LogP contribution in [0.25, 0.3) is 0 Å². The van der Waals surface area contributed by atoms with Crippen molar-refractivity contribution in [1.29, 1.82) is 5.26 Å². The number of morpholine rings is 1. The molecule has 0 bridgehead atoms. The van der Waals surface area contributed by atoms with Gasteiger partial charge in [-0.25, -0.2) is 0 Å². The number of aliphatic hydroxyl groups is 1. The van der Waals surface area contributed by atoms with Crippen LogP contribution in [0.3, 0.4) is 0 Å². The molecule has 1 aliphatic heterocycles. The third kappa shape index (κ3) is 2.28. The Bertz CT molecular complexity index is 467. The van der Waals surface area contributed by atoms with Crippen LogP contribution in [0.5, 0.6) is 0 Å². The van der Waals surface area contributed by atoms with Crippen LogP contribution in [0.2, 0.25) is 0 Å². The van der Waals surface area contributed by atoms with Crippen LogP contribution in [-0.4, -0.2) is 36.9 Å². The molecule has 0 radical (unpaired) electrons. The van der Waals surface area contributed by atoms with E-state index in [1.165, 1.54) is 4.90 Å². The number of hydrogen-bond acceptors (Lipinski definition) is 4. The number of hydrogen-bond donors (Lipinski definition) is 1. The molecule has 1 fully saturated rings. The molecule has 1 saturated heterocycles. The van der Waals surface area contributed by atoms with Crippen LogP contribution in [0.15, 0.2) is 24.3 Å². The number of carbonyl (C=O) groups excluding carboxylic acids is 1. The fourth-order valence-electron chi connectivity index (χ4n) is 1.77. The number of aliphatic hydroxyl groups excluding tert-OH is 1. The van der Waals surface area contributed by atoms with Gasteiger partial charge in [-0.1, -0.05) is 12.1 Å². The van der Waals surface area contributed by atoms with Gasteiger partial charge >= 0.3 is 0 Å². The lowest BCUT2D eigenvalue weighted by atomic mass is 10.1. The first kappa shape index (κ1) is 11.6. The van der Waals surface area contributed by atoms with Gasteiger partial charge in [0.05, 0.1) is 30.5 Å². The van der Waals surface area contributed by atoms with Gasteiger partial charge in [0.25, 0.3) is 5.91 Å². The molecular weight excluding hydrogens is 220 g/mol. The van der Waals surface area contributed by atoms with Crippen molar-refractivity contribution in [3.8, 4) is 6.07 Å². The molecule has 1 amide bonds. The van der Waals surface area contributed by atoms with E-state index in [2.05, 4.69) is 0 Å². The maximum Gasteiger partial charge on any atom is 0.253 e. The highest BCUT2D eigenvalue weighted by molar-refractivity contribution is 5.96. The highest BCUT2D eigenvalue weighted by Crippen LogP contribution is 2.22. The normalized spacial score (nSPS) is 20.1. The van der Waals surface area contributed by atoms with Gasteiger partial charge in [0.1, 0.15) is 12.7 Å². The van der Waals surface area contributed by atoms with E-state index >= 15 is 0 Å². The molecule has 5 heteroatoms. The lowest BCUT2D eigenvalue weighted by Gasteiger charge is -2.32. The zero-order chi connectivity index (χ0) is 12.3. The second kappa shape index (κ2) is 4.95. The van der Waals surface area contributed by atoms with E-state index < -0.39 is 0 Å². The predicted octanol–water partition coefficient (Wildman–Crippen LogP) is 0.282. The summed E-state index contributed by atoms with van der Waals surface area (Å²) < 4.78 is 5.14. The van der Waals surface area contributed by atoms with Crippen molar-refractivity contribution in [2.24, 2.45) is 0 Å². The Kier molecular flexibility index (Phi) is 3.38. The van der Waals surface area contributed by atoms with Crippen LogP contribution in [-0.2, 0) is 9.53 Å². The van der Waals surface area contributed by atoms with E-state index in [-0.39, 0.29) is 31.8 Å². The van der Waals surface area contributed by atoms with E-state index in [1.807, 2.05) is 6.07 Å². The van der Waals surface area contributed by atoms with Crippen molar-refractivity contribution in [1.82, 2.24) is 0 Å². The molecule has 88 valence electrons. The first-order chi connectivity index (χ1) is 8.26. The molecule has 5 nitrogen and oxygen atoms in total. The average Bonchev–Trinajstić information content (AvgIpc) is 2.39. The monoisotopic (exact) mass is 232 g/mol. The quantitative estimate of drug-likeness (QED) is 0.795. The minimum Gasteiger partial charge on any atom is -0.394 e. The number of amides is 1. The number of nitriles is 1. The molecule has 1 N–H and O–H groups in total. The van der Waals surface area contributed by atoms with Gasteiger partial charge in [-0.3, -0.25) is 4.79 Å². The summed E-state index contributed by atoms with van der Waals surface area (Å²) in [5.74, 6) is -0.197. The number of benzene rings is 1. The molecule has 0 aliphatic carbocycles. The first-order valence-electron chi connectivity index (χ1n) is 5.28. The van der Waals surface area contributed by atoms with E-state index in [0.29, 0.717) is 11.3 Å². The molecule has 1 heterocycles. The Hall–Kier alpha value is -1.90. The summed E-state index contributed by atoms with van der Waals surface area (Å²) in [5, 5.41) is 18.0. The summed E-state index contributed by atoms with van der Waals surface area (Å²) >= 11 is 0. The summed E-state index contributed by atoms with van der Waals surface area (Å²) in [6.45, 7) is 0.0670. The standard InChI is InChI=1S/C12H12N2O3/c13-5-9-3-1-2-4-11(9)14-6-10(7-15)17-8-12(14)16/h1-4,10,15H,6-8H2. The molecule has 1 aromatic carbocycles. The van der Waals surface area contributed by atoms with Gasteiger partial charge in [0.2, 0.25) is 0 Å². The lowest BCUT2D eigenvalue weighted by Crippen LogP contribution is -2.48. The number of carbonyl (C=O) groups is 1. The molecule has 0 spiro atoms. The van der Waals surface area contributed by atoms with Crippen LogP contribution in [0.4, 0.5) is 5.69 Å². The maximum absolute atomic E-state index is 11.7. The SMILES string of the molecule is N#Cc1ccccc1N1CC(CO)OCC1=O. The van der Waals surface area contributed by atoms with Gasteiger partial charge in [-0.15, -0.1) is 0 Å². The molecule has 1 atom stereocenters. The minimum absolute atomic E-state index is 0.0645. The largest absolute Gasteiger partial charge is 0.394 e. The average molecular weight is 232 g/mol. The number of nitrogens with zero attached hydrogens (tertiary/aromatic N) is 2. The van der Waals surface area contributed by atoms with Gasteiger partial charge in [-0.05, 0) is 12.1 Å². The fraction of sp³-hybridized carbons (Fsp3) is 0.333. The molecule has 1 unspecified atom stereocenters. The van der Waals surface area contributed by atoms with E-state index in [0.717, 1.165) is 0 Å². The predicted molar refractivity (Wildman–Crippen MR) is 60.3 cm³/mol. The third-order valence-corrected chi connectivity index (χ3v) is 2.65. The van der Waals surface area contributed by atoms with Crippen molar-refractivity contribution in [3.05, 3.63) is 29.8 Å². The summed E-state index contributed by atoms with van der Waals surface area (Å²) in [6.07, 6.45) is -0.389. The van der Waals surface area contributed by atoms with Crippen molar-refractivity contribution in [3.63, 3.8) is 0 Å². The van der Waals surface area contributed by atoms with Gasteiger partial charge in [-0.2, -0.15) is 5.26 Å². The van der Waals surface area contributed by atoms with Crippen molar-refractivity contribution in [2.75, 3.05) is 24.7 Å².